The molecule has 110 valence electrons. The number of aromatic nitrogens is 2. The van der Waals surface area contributed by atoms with Crippen LogP contribution in [0.4, 0.5) is 0 Å². The lowest BCUT2D eigenvalue weighted by atomic mass is 9.95. The fourth-order valence-electron chi connectivity index (χ4n) is 2.34. The minimum absolute atomic E-state index is 0.0539. The molecule has 1 amide bonds. The van der Waals surface area contributed by atoms with Gasteiger partial charge in [-0.15, -0.1) is 0 Å². The van der Waals surface area contributed by atoms with E-state index in [4.69, 9.17) is 4.74 Å². The lowest BCUT2D eigenvalue weighted by Gasteiger charge is -2.43. The van der Waals surface area contributed by atoms with Gasteiger partial charge in [-0.25, -0.2) is 4.98 Å². The van der Waals surface area contributed by atoms with Gasteiger partial charge in [0.15, 0.2) is 0 Å². The third kappa shape index (κ3) is 3.52. The zero-order chi connectivity index (χ0) is 14.4. The SMILES string of the molecule is CC[C@](C)(CNC(=O)c1cnccn1)N1CCOCC1. The van der Waals surface area contributed by atoms with Gasteiger partial charge in [0.2, 0.25) is 0 Å². The van der Waals surface area contributed by atoms with Crippen molar-refractivity contribution in [2.24, 2.45) is 0 Å². The summed E-state index contributed by atoms with van der Waals surface area (Å²) in [6.45, 7) is 8.25. The molecule has 1 aromatic heterocycles. The molecule has 0 bridgehead atoms. The van der Waals surface area contributed by atoms with Crippen LogP contribution in [0.15, 0.2) is 18.6 Å². The summed E-state index contributed by atoms with van der Waals surface area (Å²) < 4.78 is 5.39. The van der Waals surface area contributed by atoms with Gasteiger partial charge in [0.05, 0.1) is 19.4 Å². The summed E-state index contributed by atoms with van der Waals surface area (Å²) in [6, 6.07) is 0. The maximum Gasteiger partial charge on any atom is 0.271 e. The predicted molar refractivity (Wildman–Crippen MR) is 75.5 cm³/mol. The summed E-state index contributed by atoms with van der Waals surface area (Å²) in [5.74, 6) is -0.175. The van der Waals surface area contributed by atoms with Gasteiger partial charge in [-0.05, 0) is 13.3 Å². The van der Waals surface area contributed by atoms with Crippen LogP contribution >= 0.6 is 0 Å². The molecular weight excluding hydrogens is 256 g/mol. The molecule has 6 heteroatoms. The summed E-state index contributed by atoms with van der Waals surface area (Å²) in [5.41, 5.74) is 0.301. The quantitative estimate of drug-likeness (QED) is 0.859. The molecule has 6 nitrogen and oxygen atoms in total. The third-order valence-electron chi connectivity index (χ3n) is 3.96. The highest BCUT2D eigenvalue weighted by Crippen LogP contribution is 2.20. The molecule has 0 aliphatic carbocycles. The van der Waals surface area contributed by atoms with E-state index in [1.54, 1.807) is 6.20 Å². The molecule has 0 saturated carbocycles. The largest absolute Gasteiger partial charge is 0.379 e. The zero-order valence-corrected chi connectivity index (χ0v) is 12.1. The first-order valence-electron chi connectivity index (χ1n) is 7.03. The molecule has 1 aromatic rings. The fraction of sp³-hybridized carbons (Fsp3) is 0.643. The second kappa shape index (κ2) is 6.76. The molecule has 2 heterocycles. The fourth-order valence-corrected chi connectivity index (χ4v) is 2.34. The first-order chi connectivity index (χ1) is 9.65. The topological polar surface area (TPSA) is 67.4 Å². The number of hydrogen-bond donors (Lipinski definition) is 1. The number of ether oxygens (including phenoxy) is 1. The van der Waals surface area contributed by atoms with Crippen LogP contribution in [0.1, 0.15) is 30.8 Å². The van der Waals surface area contributed by atoms with E-state index in [2.05, 4.69) is 34.0 Å². The molecular formula is C14H22N4O2. The number of nitrogens with one attached hydrogen (secondary N) is 1. The first kappa shape index (κ1) is 14.9. The lowest BCUT2D eigenvalue weighted by molar-refractivity contribution is -0.0169. The number of carbonyl (C=O) groups excluding carboxylic acids is 1. The van der Waals surface area contributed by atoms with Crippen molar-refractivity contribution in [1.82, 2.24) is 20.2 Å². The van der Waals surface area contributed by atoms with Gasteiger partial charge >= 0.3 is 0 Å². The molecule has 1 aliphatic heterocycles. The average Bonchev–Trinajstić information content (AvgIpc) is 2.54. The van der Waals surface area contributed by atoms with E-state index < -0.39 is 0 Å². The zero-order valence-electron chi connectivity index (χ0n) is 12.1. The van der Waals surface area contributed by atoms with Gasteiger partial charge in [0, 0.05) is 37.6 Å². The van der Waals surface area contributed by atoms with Crippen molar-refractivity contribution in [3.05, 3.63) is 24.3 Å². The van der Waals surface area contributed by atoms with Crippen LogP contribution in [0.2, 0.25) is 0 Å². The molecule has 1 atom stereocenters. The maximum absolute atomic E-state index is 12.0. The molecule has 0 aromatic carbocycles. The normalized spacial score (nSPS) is 19.3. The van der Waals surface area contributed by atoms with Crippen molar-refractivity contribution in [3.63, 3.8) is 0 Å². The van der Waals surface area contributed by atoms with Crippen molar-refractivity contribution in [1.29, 1.82) is 0 Å². The highest BCUT2D eigenvalue weighted by molar-refractivity contribution is 5.91. The van der Waals surface area contributed by atoms with Gasteiger partial charge in [0.25, 0.3) is 5.91 Å². The Labute approximate surface area is 119 Å². The molecule has 1 N–H and O–H groups in total. The van der Waals surface area contributed by atoms with Crippen molar-refractivity contribution < 1.29 is 9.53 Å². The van der Waals surface area contributed by atoms with Gasteiger partial charge in [-0.1, -0.05) is 6.92 Å². The maximum atomic E-state index is 12.0. The predicted octanol–water partition coefficient (Wildman–Crippen LogP) is 0.707. The third-order valence-corrected chi connectivity index (χ3v) is 3.96. The van der Waals surface area contributed by atoms with Crippen LogP contribution in [0.25, 0.3) is 0 Å². The van der Waals surface area contributed by atoms with Crippen LogP contribution in [-0.2, 0) is 4.74 Å². The van der Waals surface area contributed by atoms with E-state index in [1.165, 1.54) is 12.4 Å². The van der Waals surface area contributed by atoms with E-state index in [0.29, 0.717) is 12.2 Å². The van der Waals surface area contributed by atoms with E-state index in [1.807, 2.05) is 0 Å². The monoisotopic (exact) mass is 278 g/mol. The highest BCUT2D eigenvalue weighted by atomic mass is 16.5. The minimum Gasteiger partial charge on any atom is -0.379 e. The van der Waals surface area contributed by atoms with E-state index >= 15 is 0 Å². The molecule has 0 spiro atoms. The van der Waals surface area contributed by atoms with Crippen LogP contribution in [0.5, 0.6) is 0 Å². The summed E-state index contributed by atoms with van der Waals surface area (Å²) in [7, 11) is 0. The Hall–Kier alpha value is -1.53. The minimum atomic E-state index is -0.175. The van der Waals surface area contributed by atoms with Crippen molar-refractivity contribution in [2.45, 2.75) is 25.8 Å². The first-order valence-corrected chi connectivity index (χ1v) is 7.03. The average molecular weight is 278 g/mol. The number of amides is 1. The van der Waals surface area contributed by atoms with Crippen LogP contribution in [0, 0.1) is 0 Å². The summed E-state index contributed by atoms with van der Waals surface area (Å²) in [4.78, 5) is 22.3. The van der Waals surface area contributed by atoms with Crippen molar-refractivity contribution in [2.75, 3.05) is 32.8 Å². The Morgan fingerprint density at radius 2 is 2.20 bits per heavy atom. The molecule has 0 unspecified atom stereocenters. The van der Waals surface area contributed by atoms with E-state index in [0.717, 1.165) is 32.7 Å². The summed E-state index contributed by atoms with van der Waals surface area (Å²) in [5, 5.41) is 2.96. The molecule has 1 aliphatic rings. The molecule has 1 saturated heterocycles. The van der Waals surface area contributed by atoms with Gasteiger partial charge in [-0.3, -0.25) is 14.7 Å². The van der Waals surface area contributed by atoms with Crippen LogP contribution < -0.4 is 5.32 Å². The Balaban J connectivity index is 1.94. The van der Waals surface area contributed by atoms with Crippen molar-refractivity contribution >= 4 is 5.91 Å². The molecule has 20 heavy (non-hydrogen) atoms. The smallest absolute Gasteiger partial charge is 0.271 e. The number of morpholine rings is 1. The Bertz CT molecular complexity index is 434. The molecule has 0 radical (unpaired) electrons. The number of nitrogens with zero attached hydrogens (tertiary/aromatic N) is 3. The van der Waals surface area contributed by atoms with E-state index in [-0.39, 0.29) is 11.4 Å². The van der Waals surface area contributed by atoms with Gasteiger partial charge in [-0.2, -0.15) is 0 Å². The Morgan fingerprint density at radius 1 is 1.45 bits per heavy atom. The van der Waals surface area contributed by atoms with Gasteiger partial charge in [0.1, 0.15) is 5.69 Å². The van der Waals surface area contributed by atoms with Crippen LogP contribution in [-0.4, -0.2) is 59.2 Å². The second-order valence-electron chi connectivity index (χ2n) is 5.22. The Kier molecular flexibility index (Phi) is 5.03. The number of carbonyl (C=O) groups is 1. The molecule has 2 rings (SSSR count). The lowest BCUT2D eigenvalue weighted by Crippen LogP contribution is -2.56. The van der Waals surface area contributed by atoms with Crippen molar-refractivity contribution in [3.8, 4) is 0 Å². The number of rotatable bonds is 5. The van der Waals surface area contributed by atoms with Gasteiger partial charge < -0.3 is 10.1 Å². The van der Waals surface area contributed by atoms with Crippen LogP contribution in [0.3, 0.4) is 0 Å². The molecule has 1 fully saturated rings. The summed E-state index contributed by atoms with van der Waals surface area (Å²) >= 11 is 0. The highest BCUT2D eigenvalue weighted by Gasteiger charge is 2.31. The second-order valence-corrected chi connectivity index (χ2v) is 5.22. The summed E-state index contributed by atoms with van der Waals surface area (Å²) in [6.07, 6.45) is 5.53. The number of hydrogen-bond acceptors (Lipinski definition) is 5. The van der Waals surface area contributed by atoms with E-state index in [9.17, 15) is 4.79 Å². The Morgan fingerprint density at radius 3 is 2.80 bits per heavy atom. The standard InChI is InChI=1S/C14H22N4O2/c1-3-14(2,18-6-8-20-9-7-18)11-17-13(19)12-10-15-4-5-16-12/h4-5,10H,3,6-9,11H2,1-2H3,(H,17,19)/t14-/m1/s1.